The molecule has 1 atom stereocenters. The van der Waals surface area contributed by atoms with Crippen LogP contribution in [0, 0.1) is 6.92 Å². The molecular formula is C13H17ClN2OS. The van der Waals surface area contributed by atoms with Crippen molar-refractivity contribution in [3.8, 4) is 0 Å². The van der Waals surface area contributed by atoms with Crippen molar-refractivity contribution >= 4 is 34.7 Å². The van der Waals surface area contributed by atoms with Gasteiger partial charge in [0.1, 0.15) is 0 Å². The molecule has 0 aliphatic carbocycles. The number of amides is 1. The fourth-order valence-electron chi connectivity index (χ4n) is 1.51. The van der Waals surface area contributed by atoms with E-state index in [2.05, 4.69) is 5.32 Å². The summed E-state index contributed by atoms with van der Waals surface area (Å²) in [6.07, 6.45) is 0.633. The van der Waals surface area contributed by atoms with Crippen LogP contribution in [-0.4, -0.2) is 16.4 Å². The van der Waals surface area contributed by atoms with Crippen LogP contribution < -0.4 is 11.1 Å². The maximum atomic E-state index is 12.1. The van der Waals surface area contributed by atoms with Crippen LogP contribution in [0.4, 0.5) is 0 Å². The number of carbonyl (C=O) groups is 1. The maximum Gasteiger partial charge on any atom is 0.252 e. The van der Waals surface area contributed by atoms with Crippen LogP contribution in [0.1, 0.15) is 36.2 Å². The highest BCUT2D eigenvalue weighted by molar-refractivity contribution is 7.80. The average molecular weight is 285 g/mol. The van der Waals surface area contributed by atoms with Crippen LogP contribution >= 0.6 is 23.8 Å². The number of rotatable bonds is 4. The minimum absolute atomic E-state index is 0.224. The van der Waals surface area contributed by atoms with Crippen molar-refractivity contribution in [3.63, 3.8) is 0 Å². The van der Waals surface area contributed by atoms with Gasteiger partial charge >= 0.3 is 0 Å². The smallest absolute Gasteiger partial charge is 0.252 e. The van der Waals surface area contributed by atoms with Gasteiger partial charge in [0, 0.05) is 10.6 Å². The first-order chi connectivity index (χ1) is 8.28. The molecule has 18 heavy (non-hydrogen) atoms. The van der Waals surface area contributed by atoms with Gasteiger partial charge in [-0.3, -0.25) is 4.79 Å². The lowest BCUT2D eigenvalue weighted by Crippen LogP contribution is -2.54. The molecule has 0 heterocycles. The second-order valence-electron chi connectivity index (χ2n) is 4.52. The fraction of sp³-hybridized carbons (Fsp3) is 0.385. The van der Waals surface area contributed by atoms with Crippen molar-refractivity contribution in [2.45, 2.75) is 32.7 Å². The molecule has 1 unspecified atom stereocenters. The minimum Gasteiger partial charge on any atom is -0.391 e. The zero-order valence-electron chi connectivity index (χ0n) is 10.7. The van der Waals surface area contributed by atoms with E-state index in [-0.39, 0.29) is 10.9 Å². The van der Waals surface area contributed by atoms with E-state index >= 15 is 0 Å². The molecule has 98 valence electrons. The third-order valence-electron chi connectivity index (χ3n) is 2.94. The third kappa shape index (κ3) is 3.43. The topological polar surface area (TPSA) is 55.1 Å². The van der Waals surface area contributed by atoms with Gasteiger partial charge in [0.15, 0.2) is 0 Å². The molecule has 1 rings (SSSR count). The maximum absolute atomic E-state index is 12.1. The monoisotopic (exact) mass is 284 g/mol. The second-order valence-corrected chi connectivity index (χ2v) is 5.40. The molecule has 0 radical (unpaired) electrons. The summed E-state index contributed by atoms with van der Waals surface area (Å²) in [5.74, 6) is -0.224. The summed E-state index contributed by atoms with van der Waals surface area (Å²) in [6, 6.07) is 5.20. The van der Waals surface area contributed by atoms with Gasteiger partial charge in [0.25, 0.3) is 5.91 Å². The molecule has 0 spiro atoms. The zero-order valence-corrected chi connectivity index (χ0v) is 12.3. The molecule has 0 aromatic heterocycles. The summed E-state index contributed by atoms with van der Waals surface area (Å²) >= 11 is 10.9. The Bertz CT molecular complexity index is 470. The molecule has 5 heteroatoms. The number of halogens is 1. The van der Waals surface area contributed by atoms with Crippen LogP contribution in [0.25, 0.3) is 0 Å². The SMILES string of the molecule is CCC(C)(NC(=O)c1cc(C)cc(Cl)c1)C(N)=S. The van der Waals surface area contributed by atoms with Crippen LogP contribution in [0.3, 0.4) is 0 Å². The van der Waals surface area contributed by atoms with Crippen LogP contribution in [-0.2, 0) is 0 Å². The largest absolute Gasteiger partial charge is 0.391 e. The lowest BCUT2D eigenvalue weighted by atomic mass is 9.98. The summed E-state index contributed by atoms with van der Waals surface area (Å²) in [6.45, 7) is 5.61. The Morgan fingerprint density at radius 3 is 2.56 bits per heavy atom. The van der Waals surface area contributed by atoms with Crippen LogP contribution in [0.5, 0.6) is 0 Å². The van der Waals surface area contributed by atoms with Gasteiger partial charge in [0.2, 0.25) is 0 Å². The Labute approximate surface area is 118 Å². The van der Waals surface area contributed by atoms with E-state index < -0.39 is 5.54 Å². The molecular weight excluding hydrogens is 268 g/mol. The van der Waals surface area contributed by atoms with Crippen molar-refractivity contribution in [1.82, 2.24) is 5.32 Å². The number of hydrogen-bond acceptors (Lipinski definition) is 2. The summed E-state index contributed by atoms with van der Waals surface area (Å²) in [7, 11) is 0. The van der Waals surface area contributed by atoms with Gasteiger partial charge in [-0.05, 0) is 44.0 Å². The van der Waals surface area contributed by atoms with Crippen molar-refractivity contribution in [3.05, 3.63) is 34.3 Å². The molecule has 0 aliphatic rings. The summed E-state index contributed by atoms with van der Waals surface area (Å²) in [4.78, 5) is 12.4. The van der Waals surface area contributed by atoms with Crippen LogP contribution in [0.2, 0.25) is 5.02 Å². The number of aryl methyl sites for hydroxylation is 1. The van der Waals surface area contributed by atoms with E-state index in [0.29, 0.717) is 17.0 Å². The lowest BCUT2D eigenvalue weighted by molar-refractivity contribution is 0.0926. The molecule has 1 amide bonds. The molecule has 1 aromatic rings. The van der Waals surface area contributed by atoms with E-state index in [4.69, 9.17) is 29.6 Å². The molecule has 0 saturated heterocycles. The van der Waals surface area contributed by atoms with Crippen molar-refractivity contribution in [2.24, 2.45) is 5.73 Å². The Kier molecular flexibility index (Phi) is 4.71. The van der Waals surface area contributed by atoms with E-state index in [1.165, 1.54) is 0 Å². The van der Waals surface area contributed by atoms with E-state index in [1.807, 2.05) is 20.8 Å². The molecule has 0 aliphatic heterocycles. The minimum atomic E-state index is -0.678. The predicted molar refractivity (Wildman–Crippen MR) is 79.1 cm³/mol. The normalized spacial score (nSPS) is 13.8. The van der Waals surface area contributed by atoms with Gasteiger partial charge in [0.05, 0.1) is 10.5 Å². The summed E-state index contributed by atoms with van der Waals surface area (Å²) in [5, 5.41) is 3.39. The quantitative estimate of drug-likeness (QED) is 0.836. The second kappa shape index (κ2) is 5.67. The Balaban J connectivity index is 2.98. The lowest BCUT2D eigenvalue weighted by Gasteiger charge is -2.28. The first-order valence-electron chi connectivity index (χ1n) is 5.68. The highest BCUT2D eigenvalue weighted by atomic mass is 35.5. The van der Waals surface area contributed by atoms with Crippen LogP contribution in [0.15, 0.2) is 18.2 Å². The van der Waals surface area contributed by atoms with Gasteiger partial charge in [-0.1, -0.05) is 30.7 Å². The van der Waals surface area contributed by atoms with Crippen molar-refractivity contribution in [1.29, 1.82) is 0 Å². The Morgan fingerprint density at radius 1 is 1.50 bits per heavy atom. The fourth-order valence-corrected chi connectivity index (χ4v) is 2.00. The number of nitrogens with one attached hydrogen (secondary N) is 1. The average Bonchev–Trinajstić information content (AvgIpc) is 2.27. The van der Waals surface area contributed by atoms with Gasteiger partial charge < -0.3 is 11.1 Å². The summed E-state index contributed by atoms with van der Waals surface area (Å²) < 4.78 is 0. The number of carbonyl (C=O) groups excluding carboxylic acids is 1. The zero-order chi connectivity index (χ0) is 13.9. The standard InChI is InChI=1S/C13H17ClN2OS/c1-4-13(3,12(15)18)16-11(17)9-5-8(2)6-10(14)7-9/h5-7H,4H2,1-3H3,(H2,15,18)(H,16,17). The number of hydrogen-bond donors (Lipinski definition) is 2. The molecule has 0 fully saturated rings. The molecule has 3 N–H and O–H groups in total. The first kappa shape index (κ1) is 14.9. The molecule has 0 saturated carbocycles. The van der Waals surface area contributed by atoms with E-state index in [0.717, 1.165) is 5.56 Å². The van der Waals surface area contributed by atoms with E-state index in [9.17, 15) is 4.79 Å². The van der Waals surface area contributed by atoms with Crippen molar-refractivity contribution < 1.29 is 4.79 Å². The summed E-state index contributed by atoms with van der Waals surface area (Å²) in [5.41, 5.74) is 6.42. The highest BCUT2D eigenvalue weighted by Crippen LogP contribution is 2.16. The predicted octanol–water partition coefficient (Wildman–Crippen LogP) is 2.83. The number of nitrogens with two attached hydrogens (primary N) is 1. The molecule has 1 aromatic carbocycles. The first-order valence-corrected chi connectivity index (χ1v) is 6.46. The molecule has 0 bridgehead atoms. The molecule has 3 nitrogen and oxygen atoms in total. The van der Waals surface area contributed by atoms with Gasteiger partial charge in [-0.25, -0.2) is 0 Å². The van der Waals surface area contributed by atoms with Gasteiger partial charge in [-0.15, -0.1) is 0 Å². The highest BCUT2D eigenvalue weighted by Gasteiger charge is 2.28. The van der Waals surface area contributed by atoms with E-state index in [1.54, 1.807) is 18.2 Å². The Hall–Kier alpha value is -1.13. The number of thiocarbonyl (C=S) groups is 1. The Morgan fingerprint density at radius 2 is 2.11 bits per heavy atom. The van der Waals surface area contributed by atoms with Crippen molar-refractivity contribution in [2.75, 3.05) is 0 Å². The van der Waals surface area contributed by atoms with Gasteiger partial charge in [-0.2, -0.15) is 0 Å². The number of benzene rings is 1. The third-order valence-corrected chi connectivity index (χ3v) is 3.61.